The van der Waals surface area contributed by atoms with Crippen LogP contribution in [0.1, 0.15) is 28.9 Å². The molecule has 7 heteroatoms. The van der Waals surface area contributed by atoms with E-state index in [1.807, 2.05) is 42.1 Å². The molecular weight excluding hydrogens is 368 g/mol. The highest BCUT2D eigenvalue weighted by molar-refractivity contribution is 7.99. The Labute approximate surface area is 158 Å². The van der Waals surface area contributed by atoms with Gasteiger partial charge in [-0.2, -0.15) is 11.8 Å². The van der Waals surface area contributed by atoms with E-state index in [1.54, 1.807) is 24.0 Å². The number of nitrogens with one attached hydrogen (secondary N) is 1. The van der Waals surface area contributed by atoms with Crippen LogP contribution < -0.4 is 4.72 Å². The van der Waals surface area contributed by atoms with Crippen LogP contribution in [0.5, 0.6) is 0 Å². The summed E-state index contributed by atoms with van der Waals surface area (Å²) in [5.41, 5.74) is 1.29. The Morgan fingerprint density at radius 2 is 1.77 bits per heavy atom. The summed E-state index contributed by atoms with van der Waals surface area (Å²) in [4.78, 5) is 14.5. The maximum Gasteiger partial charge on any atom is 0.253 e. The highest BCUT2D eigenvalue weighted by Gasteiger charge is 2.22. The predicted octanol–water partition coefficient (Wildman–Crippen LogP) is 2.92. The molecule has 1 aliphatic rings. The quantitative estimate of drug-likeness (QED) is 0.852. The molecule has 0 saturated carbocycles. The van der Waals surface area contributed by atoms with Gasteiger partial charge in [0.05, 0.1) is 4.90 Å². The largest absolute Gasteiger partial charge is 0.337 e. The molecule has 26 heavy (non-hydrogen) atoms. The molecule has 0 aromatic heterocycles. The van der Waals surface area contributed by atoms with Gasteiger partial charge >= 0.3 is 0 Å². The van der Waals surface area contributed by atoms with Gasteiger partial charge in [-0.1, -0.05) is 36.4 Å². The molecule has 1 N–H and O–H groups in total. The molecule has 0 aliphatic carbocycles. The van der Waals surface area contributed by atoms with E-state index in [2.05, 4.69) is 4.72 Å². The Bertz CT molecular complexity index is 863. The van der Waals surface area contributed by atoms with Gasteiger partial charge in [-0.3, -0.25) is 4.79 Å². The van der Waals surface area contributed by atoms with Crippen LogP contribution in [0.4, 0.5) is 0 Å². The summed E-state index contributed by atoms with van der Waals surface area (Å²) < 4.78 is 28.1. The monoisotopic (exact) mass is 390 g/mol. The van der Waals surface area contributed by atoms with Gasteiger partial charge in [0.25, 0.3) is 5.91 Å². The van der Waals surface area contributed by atoms with Crippen LogP contribution in [0.2, 0.25) is 0 Å². The van der Waals surface area contributed by atoms with Gasteiger partial charge in [-0.15, -0.1) is 0 Å². The Morgan fingerprint density at radius 1 is 1.08 bits per heavy atom. The van der Waals surface area contributed by atoms with Gasteiger partial charge in [0.1, 0.15) is 0 Å². The van der Waals surface area contributed by atoms with E-state index in [-0.39, 0.29) is 16.8 Å². The van der Waals surface area contributed by atoms with Gasteiger partial charge in [0.15, 0.2) is 0 Å². The van der Waals surface area contributed by atoms with Gasteiger partial charge in [0.2, 0.25) is 10.0 Å². The van der Waals surface area contributed by atoms with Crippen molar-refractivity contribution in [2.45, 2.75) is 17.9 Å². The zero-order valence-electron chi connectivity index (χ0n) is 14.6. The molecular formula is C19H22N2O3S2. The number of carbonyl (C=O) groups excluding carboxylic acids is 1. The van der Waals surface area contributed by atoms with Crippen molar-refractivity contribution < 1.29 is 13.2 Å². The second-order valence-corrected chi connectivity index (χ2v) is 9.12. The van der Waals surface area contributed by atoms with E-state index in [1.165, 1.54) is 12.1 Å². The molecule has 1 fully saturated rings. The summed E-state index contributed by atoms with van der Waals surface area (Å²) in [6.07, 6.45) is 0. The van der Waals surface area contributed by atoms with Crippen molar-refractivity contribution in [2.75, 3.05) is 24.6 Å². The van der Waals surface area contributed by atoms with E-state index in [0.29, 0.717) is 18.7 Å². The lowest BCUT2D eigenvalue weighted by molar-refractivity contribution is 0.0772. The van der Waals surface area contributed by atoms with Crippen molar-refractivity contribution in [1.82, 2.24) is 9.62 Å². The smallest absolute Gasteiger partial charge is 0.253 e. The van der Waals surface area contributed by atoms with E-state index >= 15 is 0 Å². The van der Waals surface area contributed by atoms with E-state index < -0.39 is 10.0 Å². The first-order valence-electron chi connectivity index (χ1n) is 8.52. The van der Waals surface area contributed by atoms with Crippen molar-refractivity contribution in [2.24, 2.45) is 0 Å². The Hall–Kier alpha value is -1.83. The van der Waals surface area contributed by atoms with Crippen molar-refractivity contribution in [3.05, 3.63) is 65.7 Å². The highest BCUT2D eigenvalue weighted by Crippen LogP contribution is 2.19. The molecule has 1 heterocycles. The van der Waals surface area contributed by atoms with Crippen LogP contribution in [0.3, 0.4) is 0 Å². The lowest BCUT2D eigenvalue weighted by Crippen LogP contribution is -2.38. The number of hydrogen-bond donors (Lipinski definition) is 1. The summed E-state index contributed by atoms with van der Waals surface area (Å²) in [6, 6.07) is 15.3. The summed E-state index contributed by atoms with van der Waals surface area (Å²) in [6.45, 7) is 3.20. The van der Waals surface area contributed by atoms with Crippen LogP contribution in [0, 0.1) is 0 Å². The standard InChI is InChI=1S/C19H22N2O3S2/c1-15(16-6-3-2-4-7-16)20-26(23,24)18-9-5-8-17(14-18)19(22)21-10-12-25-13-11-21/h2-9,14-15,20H,10-13H2,1H3. The number of benzene rings is 2. The molecule has 0 radical (unpaired) electrons. The van der Waals surface area contributed by atoms with Gasteiger partial charge in [-0.05, 0) is 30.7 Å². The number of rotatable bonds is 5. The summed E-state index contributed by atoms with van der Waals surface area (Å²) >= 11 is 1.82. The van der Waals surface area contributed by atoms with E-state index in [4.69, 9.17) is 0 Å². The van der Waals surface area contributed by atoms with Crippen LogP contribution >= 0.6 is 11.8 Å². The minimum atomic E-state index is -3.72. The van der Waals surface area contributed by atoms with Crippen molar-refractivity contribution in [3.63, 3.8) is 0 Å². The number of thioether (sulfide) groups is 1. The van der Waals surface area contributed by atoms with Crippen LogP contribution in [0.25, 0.3) is 0 Å². The van der Waals surface area contributed by atoms with Crippen molar-refractivity contribution >= 4 is 27.7 Å². The van der Waals surface area contributed by atoms with Gasteiger partial charge < -0.3 is 4.90 Å². The number of amides is 1. The maximum atomic E-state index is 12.7. The summed E-state index contributed by atoms with van der Waals surface area (Å²) in [5, 5.41) is 0. The average Bonchev–Trinajstić information content (AvgIpc) is 2.68. The molecule has 5 nitrogen and oxygen atoms in total. The molecule has 0 spiro atoms. The molecule has 2 aromatic carbocycles. The second kappa shape index (κ2) is 8.24. The minimum absolute atomic E-state index is 0.109. The molecule has 1 atom stereocenters. The number of sulfonamides is 1. The third kappa shape index (κ3) is 4.47. The number of nitrogens with zero attached hydrogens (tertiary/aromatic N) is 1. The fourth-order valence-electron chi connectivity index (χ4n) is 2.86. The first-order chi connectivity index (χ1) is 12.5. The predicted molar refractivity (Wildman–Crippen MR) is 105 cm³/mol. The first-order valence-corrected chi connectivity index (χ1v) is 11.2. The van der Waals surface area contributed by atoms with Crippen LogP contribution in [0.15, 0.2) is 59.5 Å². The number of hydrogen-bond acceptors (Lipinski definition) is 4. The highest BCUT2D eigenvalue weighted by atomic mass is 32.2. The maximum absolute atomic E-state index is 12.7. The average molecular weight is 391 g/mol. The third-order valence-corrected chi connectivity index (χ3v) is 6.80. The van der Waals surface area contributed by atoms with Crippen LogP contribution in [-0.4, -0.2) is 43.8 Å². The second-order valence-electron chi connectivity index (χ2n) is 6.19. The molecule has 0 bridgehead atoms. The normalized spacial score (nSPS) is 16.3. The first kappa shape index (κ1) is 18.9. The van der Waals surface area contributed by atoms with Crippen molar-refractivity contribution in [1.29, 1.82) is 0 Å². The van der Waals surface area contributed by atoms with Gasteiger partial charge in [-0.25, -0.2) is 13.1 Å². The molecule has 1 unspecified atom stereocenters. The Kier molecular flexibility index (Phi) is 6.01. The summed E-state index contributed by atoms with van der Waals surface area (Å²) in [7, 11) is -3.72. The lowest BCUT2D eigenvalue weighted by atomic mass is 10.1. The van der Waals surface area contributed by atoms with Crippen molar-refractivity contribution in [3.8, 4) is 0 Å². The number of carbonyl (C=O) groups is 1. The molecule has 1 aliphatic heterocycles. The molecule has 2 aromatic rings. The van der Waals surface area contributed by atoms with Gasteiger partial charge in [0, 0.05) is 36.2 Å². The fraction of sp³-hybridized carbons (Fsp3) is 0.316. The summed E-state index contributed by atoms with van der Waals surface area (Å²) in [5.74, 6) is 1.72. The van der Waals surface area contributed by atoms with E-state index in [9.17, 15) is 13.2 Å². The topological polar surface area (TPSA) is 66.5 Å². The third-order valence-electron chi connectivity index (χ3n) is 4.32. The fourth-order valence-corrected chi connectivity index (χ4v) is 5.04. The minimum Gasteiger partial charge on any atom is -0.337 e. The SMILES string of the molecule is CC(NS(=O)(=O)c1cccc(C(=O)N2CCSCC2)c1)c1ccccc1. The molecule has 1 amide bonds. The zero-order chi connectivity index (χ0) is 18.6. The van der Waals surface area contributed by atoms with E-state index in [0.717, 1.165) is 17.1 Å². The lowest BCUT2D eigenvalue weighted by Gasteiger charge is -2.26. The molecule has 3 rings (SSSR count). The zero-order valence-corrected chi connectivity index (χ0v) is 16.2. The Morgan fingerprint density at radius 3 is 2.46 bits per heavy atom. The molecule has 1 saturated heterocycles. The van der Waals surface area contributed by atoms with Crippen LogP contribution in [-0.2, 0) is 10.0 Å². The molecule has 138 valence electrons. The Balaban J connectivity index is 1.78.